The zero-order valence-corrected chi connectivity index (χ0v) is 11.4. The van der Waals surface area contributed by atoms with Crippen molar-refractivity contribution in [3.63, 3.8) is 0 Å². The first-order chi connectivity index (χ1) is 9.70. The fraction of sp³-hybridized carbons (Fsp3) is 0.571. The number of rotatable bonds is 8. The van der Waals surface area contributed by atoms with Crippen LogP contribution >= 0.6 is 0 Å². The Balaban J connectivity index is 2.01. The van der Waals surface area contributed by atoms with E-state index in [2.05, 4.69) is 5.32 Å². The van der Waals surface area contributed by atoms with Crippen LogP contribution in [0.1, 0.15) is 24.9 Å². The topological polar surface area (TPSA) is 39.7 Å². The Labute approximate surface area is 117 Å². The van der Waals surface area contributed by atoms with Crippen molar-refractivity contribution in [2.24, 2.45) is 0 Å². The quantitative estimate of drug-likeness (QED) is 0.798. The summed E-state index contributed by atoms with van der Waals surface area (Å²) in [6.45, 7) is 2.70. The van der Waals surface area contributed by atoms with Crippen molar-refractivity contribution in [3.05, 3.63) is 23.8 Å². The Hall–Kier alpha value is -1.40. The molecule has 1 aliphatic rings. The maximum atomic E-state index is 12.1. The van der Waals surface area contributed by atoms with Crippen LogP contribution in [0.3, 0.4) is 0 Å². The SMILES string of the molecule is CCCNC(COCC(F)F)c1ccc2c(c1)OCO2. The fourth-order valence-electron chi connectivity index (χ4n) is 2.00. The molecule has 1 aliphatic heterocycles. The third kappa shape index (κ3) is 4.05. The van der Waals surface area contributed by atoms with E-state index in [9.17, 15) is 8.78 Å². The number of nitrogens with one attached hydrogen (secondary N) is 1. The lowest BCUT2D eigenvalue weighted by atomic mass is 10.1. The van der Waals surface area contributed by atoms with E-state index in [4.69, 9.17) is 14.2 Å². The second-order valence-corrected chi connectivity index (χ2v) is 4.55. The predicted molar refractivity (Wildman–Crippen MR) is 70.4 cm³/mol. The highest BCUT2D eigenvalue weighted by atomic mass is 19.3. The zero-order chi connectivity index (χ0) is 14.4. The average molecular weight is 287 g/mol. The summed E-state index contributed by atoms with van der Waals surface area (Å²) in [5.74, 6) is 1.39. The van der Waals surface area contributed by atoms with Crippen LogP contribution in [0.4, 0.5) is 8.78 Å². The molecule has 20 heavy (non-hydrogen) atoms. The second kappa shape index (κ2) is 7.40. The maximum Gasteiger partial charge on any atom is 0.261 e. The van der Waals surface area contributed by atoms with Gasteiger partial charge in [-0.25, -0.2) is 8.78 Å². The maximum absolute atomic E-state index is 12.1. The molecule has 0 radical (unpaired) electrons. The summed E-state index contributed by atoms with van der Waals surface area (Å²) in [6.07, 6.45) is -1.49. The van der Waals surface area contributed by atoms with Gasteiger partial charge in [-0.05, 0) is 30.7 Å². The molecule has 1 N–H and O–H groups in total. The van der Waals surface area contributed by atoms with Crippen LogP contribution in [-0.2, 0) is 4.74 Å². The average Bonchev–Trinajstić information content (AvgIpc) is 2.89. The highest BCUT2D eigenvalue weighted by Gasteiger charge is 2.18. The van der Waals surface area contributed by atoms with Gasteiger partial charge in [0, 0.05) is 0 Å². The minimum Gasteiger partial charge on any atom is -0.454 e. The molecule has 0 aliphatic carbocycles. The van der Waals surface area contributed by atoms with E-state index < -0.39 is 13.0 Å². The summed E-state index contributed by atoms with van der Waals surface area (Å²) in [5, 5.41) is 3.28. The summed E-state index contributed by atoms with van der Waals surface area (Å²) < 4.78 is 39.9. The number of fused-ring (bicyclic) bond motifs is 1. The molecule has 1 aromatic rings. The third-order valence-corrected chi connectivity index (χ3v) is 2.97. The smallest absolute Gasteiger partial charge is 0.261 e. The van der Waals surface area contributed by atoms with Crippen LogP contribution in [0.25, 0.3) is 0 Å². The molecular formula is C14H19F2NO3. The van der Waals surface area contributed by atoms with E-state index >= 15 is 0 Å². The van der Waals surface area contributed by atoms with E-state index in [0.29, 0.717) is 11.5 Å². The largest absolute Gasteiger partial charge is 0.454 e. The first-order valence-electron chi connectivity index (χ1n) is 6.69. The molecule has 0 amide bonds. The highest BCUT2D eigenvalue weighted by Crippen LogP contribution is 2.34. The van der Waals surface area contributed by atoms with Crippen molar-refractivity contribution >= 4 is 0 Å². The number of alkyl halides is 2. The summed E-state index contributed by atoms with van der Waals surface area (Å²) in [7, 11) is 0. The lowest BCUT2D eigenvalue weighted by Crippen LogP contribution is -2.27. The molecule has 0 bridgehead atoms. The Morgan fingerprint density at radius 1 is 1.25 bits per heavy atom. The first kappa shape index (κ1) is 15.0. The molecule has 0 spiro atoms. The van der Waals surface area contributed by atoms with E-state index in [-0.39, 0.29) is 19.4 Å². The Kier molecular flexibility index (Phi) is 5.55. The molecule has 1 aromatic carbocycles. The Bertz CT molecular complexity index is 429. The monoisotopic (exact) mass is 287 g/mol. The van der Waals surface area contributed by atoms with Gasteiger partial charge in [0.2, 0.25) is 6.79 Å². The van der Waals surface area contributed by atoms with Gasteiger partial charge in [0.15, 0.2) is 11.5 Å². The molecule has 1 unspecified atom stereocenters. The zero-order valence-electron chi connectivity index (χ0n) is 11.4. The van der Waals surface area contributed by atoms with Crippen LogP contribution < -0.4 is 14.8 Å². The number of hydrogen-bond acceptors (Lipinski definition) is 4. The van der Waals surface area contributed by atoms with E-state index in [0.717, 1.165) is 18.5 Å². The lowest BCUT2D eigenvalue weighted by molar-refractivity contribution is 0.00920. The predicted octanol–water partition coefficient (Wildman–Crippen LogP) is 2.74. The molecule has 2 rings (SSSR count). The minimum atomic E-state index is -2.45. The van der Waals surface area contributed by atoms with Gasteiger partial charge in [0.05, 0.1) is 12.6 Å². The van der Waals surface area contributed by atoms with Crippen LogP contribution in [-0.4, -0.2) is 33.0 Å². The molecule has 112 valence electrons. The molecule has 0 saturated carbocycles. The molecule has 0 fully saturated rings. The van der Waals surface area contributed by atoms with Crippen molar-refractivity contribution in [3.8, 4) is 11.5 Å². The molecule has 4 nitrogen and oxygen atoms in total. The van der Waals surface area contributed by atoms with E-state index in [1.165, 1.54) is 0 Å². The van der Waals surface area contributed by atoms with Crippen molar-refractivity contribution in [2.75, 3.05) is 26.6 Å². The molecule has 0 saturated heterocycles. The Morgan fingerprint density at radius 2 is 2.05 bits per heavy atom. The second-order valence-electron chi connectivity index (χ2n) is 4.55. The molecule has 1 heterocycles. The number of benzene rings is 1. The van der Waals surface area contributed by atoms with Gasteiger partial charge in [-0.1, -0.05) is 13.0 Å². The third-order valence-electron chi connectivity index (χ3n) is 2.97. The van der Waals surface area contributed by atoms with Crippen LogP contribution in [0.15, 0.2) is 18.2 Å². The summed E-state index contributed by atoms with van der Waals surface area (Å²) >= 11 is 0. The minimum absolute atomic E-state index is 0.136. The van der Waals surface area contributed by atoms with E-state index in [1.807, 2.05) is 25.1 Å². The summed E-state index contributed by atoms with van der Waals surface area (Å²) in [4.78, 5) is 0. The van der Waals surface area contributed by atoms with Crippen molar-refractivity contribution in [1.29, 1.82) is 0 Å². The van der Waals surface area contributed by atoms with Gasteiger partial charge >= 0.3 is 0 Å². The van der Waals surface area contributed by atoms with Gasteiger partial charge < -0.3 is 19.5 Å². The number of ether oxygens (including phenoxy) is 3. The molecular weight excluding hydrogens is 268 g/mol. The molecule has 0 aromatic heterocycles. The van der Waals surface area contributed by atoms with Crippen LogP contribution in [0, 0.1) is 0 Å². The standard InChI is InChI=1S/C14H19F2NO3/c1-2-5-17-11(7-18-8-14(15)16)10-3-4-12-13(6-10)20-9-19-12/h3-4,6,11,14,17H,2,5,7-9H2,1H3. The van der Waals surface area contributed by atoms with Crippen LogP contribution in [0.5, 0.6) is 11.5 Å². The normalized spacial score (nSPS) is 14.8. The van der Waals surface area contributed by atoms with Gasteiger partial charge in [-0.2, -0.15) is 0 Å². The lowest BCUT2D eigenvalue weighted by Gasteiger charge is -2.19. The molecule has 1 atom stereocenters. The summed E-state index contributed by atoms with van der Waals surface area (Å²) in [5.41, 5.74) is 0.942. The van der Waals surface area contributed by atoms with Gasteiger partial charge in [-0.3, -0.25) is 0 Å². The van der Waals surface area contributed by atoms with Crippen molar-refractivity contribution in [1.82, 2.24) is 5.32 Å². The number of hydrogen-bond donors (Lipinski definition) is 1. The van der Waals surface area contributed by atoms with Gasteiger partial charge in [0.25, 0.3) is 6.43 Å². The fourth-order valence-corrected chi connectivity index (χ4v) is 2.00. The van der Waals surface area contributed by atoms with Gasteiger partial charge in [-0.15, -0.1) is 0 Å². The highest BCUT2D eigenvalue weighted by molar-refractivity contribution is 5.45. The molecule has 6 heteroatoms. The summed E-state index contributed by atoms with van der Waals surface area (Å²) in [6, 6.07) is 5.45. The van der Waals surface area contributed by atoms with Gasteiger partial charge in [0.1, 0.15) is 6.61 Å². The van der Waals surface area contributed by atoms with Crippen LogP contribution in [0.2, 0.25) is 0 Å². The Morgan fingerprint density at radius 3 is 2.80 bits per heavy atom. The van der Waals surface area contributed by atoms with Crippen molar-refractivity contribution < 1.29 is 23.0 Å². The number of halogens is 2. The first-order valence-corrected chi connectivity index (χ1v) is 6.69. The van der Waals surface area contributed by atoms with E-state index in [1.54, 1.807) is 0 Å². The van der Waals surface area contributed by atoms with Crippen molar-refractivity contribution in [2.45, 2.75) is 25.8 Å².